The molecule has 0 aliphatic carbocycles. The highest BCUT2D eigenvalue weighted by molar-refractivity contribution is 5.12. The van der Waals surface area contributed by atoms with Gasteiger partial charge in [-0.3, -0.25) is 0 Å². The molecule has 0 saturated carbocycles. The fourth-order valence-corrected chi connectivity index (χ4v) is 1.44. The Hall–Kier alpha value is -0.760. The summed E-state index contributed by atoms with van der Waals surface area (Å²) in [7, 11) is 0. The molecule has 1 fully saturated rings. The lowest BCUT2D eigenvalue weighted by molar-refractivity contribution is 0.258. The number of ether oxygens (including phenoxy) is 1. The Morgan fingerprint density at radius 2 is 2.08 bits per heavy atom. The Morgan fingerprint density at radius 3 is 2.50 bits per heavy atom. The predicted octanol–water partition coefficient (Wildman–Crippen LogP) is 2.77. The van der Waals surface area contributed by atoms with Crippen molar-refractivity contribution in [3.63, 3.8) is 0 Å². The average Bonchev–Trinajstić information content (AvgIpc) is 2.60. The molecule has 1 saturated heterocycles. The van der Waals surface area contributed by atoms with Crippen molar-refractivity contribution >= 4 is 0 Å². The zero-order valence-electron chi connectivity index (χ0n) is 7.70. The van der Waals surface area contributed by atoms with Crippen LogP contribution in [0.25, 0.3) is 0 Å². The van der Waals surface area contributed by atoms with Gasteiger partial charge in [0.05, 0.1) is 12.4 Å². The van der Waals surface area contributed by atoms with Crippen LogP contribution in [0.3, 0.4) is 0 Å². The van der Waals surface area contributed by atoms with Gasteiger partial charge in [0, 0.05) is 0 Å². The average molecular weight is 166 g/mol. The van der Waals surface area contributed by atoms with Gasteiger partial charge in [0.1, 0.15) is 11.9 Å². The second kappa shape index (κ2) is 2.36. The van der Waals surface area contributed by atoms with E-state index < -0.39 is 0 Å². The molecule has 1 aromatic heterocycles. The molecule has 1 aliphatic heterocycles. The van der Waals surface area contributed by atoms with Crippen molar-refractivity contribution in [2.45, 2.75) is 33.0 Å². The van der Waals surface area contributed by atoms with Gasteiger partial charge in [-0.05, 0) is 17.5 Å². The molecule has 0 amide bonds. The van der Waals surface area contributed by atoms with Crippen LogP contribution in [0.2, 0.25) is 0 Å². The third-order valence-corrected chi connectivity index (χ3v) is 2.17. The normalized spacial score (nSPS) is 28.9. The molecule has 2 nitrogen and oxygen atoms in total. The van der Waals surface area contributed by atoms with Gasteiger partial charge >= 0.3 is 0 Å². The number of rotatable bonds is 1. The molecule has 66 valence electrons. The highest BCUT2D eigenvalue weighted by Crippen LogP contribution is 2.48. The van der Waals surface area contributed by atoms with E-state index in [1.165, 1.54) is 0 Å². The molecule has 0 bridgehead atoms. The van der Waals surface area contributed by atoms with Crippen molar-refractivity contribution in [1.82, 2.24) is 0 Å². The predicted molar refractivity (Wildman–Crippen MR) is 45.8 cm³/mol. The SMILES string of the molecule is CC(C)(C)[C@H]1O[C@@H]1c1ccco1. The molecule has 0 spiro atoms. The van der Waals surface area contributed by atoms with E-state index in [0.717, 1.165) is 5.76 Å². The first kappa shape index (κ1) is 7.87. The minimum absolute atomic E-state index is 0.194. The zero-order valence-corrected chi connectivity index (χ0v) is 7.70. The largest absolute Gasteiger partial charge is 0.466 e. The Bertz CT molecular complexity index is 256. The number of furan rings is 1. The van der Waals surface area contributed by atoms with E-state index in [1.54, 1.807) is 6.26 Å². The molecule has 1 aliphatic rings. The van der Waals surface area contributed by atoms with Crippen molar-refractivity contribution in [3.05, 3.63) is 24.2 Å². The molecule has 2 heterocycles. The topological polar surface area (TPSA) is 25.7 Å². The summed E-state index contributed by atoms with van der Waals surface area (Å²) in [6, 6.07) is 3.87. The lowest BCUT2D eigenvalue weighted by Crippen LogP contribution is -2.14. The lowest BCUT2D eigenvalue weighted by atomic mass is 9.90. The van der Waals surface area contributed by atoms with Crippen LogP contribution in [-0.2, 0) is 4.74 Å². The summed E-state index contributed by atoms with van der Waals surface area (Å²) in [6.07, 6.45) is 2.21. The summed E-state index contributed by atoms with van der Waals surface area (Å²) in [6.45, 7) is 6.54. The molecular formula is C10H14O2. The van der Waals surface area contributed by atoms with Crippen LogP contribution >= 0.6 is 0 Å². The van der Waals surface area contributed by atoms with Gasteiger partial charge < -0.3 is 9.15 Å². The maximum Gasteiger partial charge on any atom is 0.142 e. The third-order valence-electron chi connectivity index (χ3n) is 2.17. The van der Waals surface area contributed by atoms with E-state index in [2.05, 4.69) is 20.8 Å². The highest BCUT2D eigenvalue weighted by atomic mass is 16.6. The van der Waals surface area contributed by atoms with E-state index >= 15 is 0 Å². The molecule has 12 heavy (non-hydrogen) atoms. The van der Waals surface area contributed by atoms with Crippen LogP contribution in [0.5, 0.6) is 0 Å². The highest BCUT2D eigenvalue weighted by Gasteiger charge is 2.49. The third kappa shape index (κ3) is 1.27. The maximum absolute atomic E-state index is 5.53. The van der Waals surface area contributed by atoms with Crippen LogP contribution in [0.1, 0.15) is 32.6 Å². The van der Waals surface area contributed by atoms with Gasteiger partial charge in [0.2, 0.25) is 0 Å². The molecule has 1 aromatic rings. The molecule has 0 unspecified atom stereocenters. The number of hydrogen-bond acceptors (Lipinski definition) is 2. The zero-order chi connectivity index (χ0) is 8.77. The molecule has 2 atom stereocenters. The summed E-state index contributed by atoms with van der Waals surface area (Å²) in [5, 5.41) is 0. The van der Waals surface area contributed by atoms with E-state index in [9.17, 15) is 0 Å². The quantitative estimate of drug-likeness (QED) is 0.599. The van der Waals surface area contributed by atoms with Crippen molar-refractivity contribution in [3.8, 4) is 0 Å². The van der Waals surface area contributed by atoms with Crippen LogP contribution in [0.15, 0.2) is 22.8 Å². The van der Waals surface area contributed by atoms with Crippen molar-refractivity contribution in [2.24, 2.45) is 5.41 Å². The van der Waals surface area contributed by atoms with Gasteiger partial charge in [-0.15, -0.1) is 0 Å². The van der Waals surface area contributed by atoms with Crippen LogP contribution in [0.4, 0.5) is 0 Å². The molecule has 0 radical (unpaired) electrons. The molecule has 0 aromatic carbocycles. The van der Waals surface area contributed by atoms with Crippen molar-refractivity contribution in [2.75, 3.05) is 0 Å². The first-order valence-corrected chi connectivity index (χ1v) is 4.28. The van der Waals surface area contributed by atoms with E-state index in [4.69, 9.17) is 9.15 Å². The van der Waals surface area contributed by atoms with Crippen LogP contribution < -0.4 is 0 Å². The first-order valence-electron chi connectivity index (χ1n) is 4.28. The maximum atomic E-state index is 5.53. The molecule has 0 N–H and O–H groups in total. The summed E-state index contributed by atoms with van der Waals surface area (Å²) in [4.78, 5) is 0. The van der Waals surface area contributed by atoms with Gasteiger partial charge in [0.25, 0.3) is 0 Å². The Balaban J connectivity index is 2.06. The fourth-order valence-electron chi connectivity index (χ4n) is 1.44. The second-order valence-corrected chi connectivity index (χ2v) is 4.36. The second-order valence-electron chi connectivity index (χ2n) is 4.36. The van der Waals surface area contributed by atoms with Crippen LogP contribution in [-0.4, -0.2) is 6.10 Å². The van der Waals surface area contributed by atoms with Gasteiger partial charge in [-0.25, -0.2) is 0 Å². The Kier molecular flexibility index (Phi) is 1.55. The van der Waals surface area contributed by atoms with Gasteiger partial charge in [-0.2, -0.15) is 0 Å². The van der Waals surface area contributed by atoms with Crippen LogP contribution in [0, 0.1) is 5.41 Å². The minimum atomic E-state index is 0.194. The smallest absolute Gasteiger partial charge is 0.142 e. The first-order chi connectivity index (χ1) is 5.59. The fraction of sp³-hybridized carbons (Fsp3) is 0.600. The minimum Gasteiger partial charge on any atom is -0.466 e. The van der Waals surface area contributed by atoms with E-state index in [-0.39, 0.29) is 11.5 Å². The van der Waals surface area contributed by atoms with E-state index in [1.807, 2.05) is 12.1 Å². The van der Waals surface area contributed by atoms with Crippen molar-refractivity contribution < 1.29 is 9.15 Å². The molecule has 2 rings (SSSR count). The monoisotopic (exact) mass is 166 g/mol. The number of hydrogen-bond donors (Lipinski definition) is 0. The summed E-state index contributed by atoms with van der Waals surface area (Å²) in [5.41, 5.74) is 0.220. The van der Waals surface area contributed by atoms with Gasteiger partial charge in [0.15, 0.2) is 0 Å². The molecular weight excluding hydrogens is 152 g/mol. The Morgan fingerprint density at radius 1 is 1.33 bits per heavy atom. The standard InChI is InChI=1S/C10H14O2/c1-10(2,3)9-8(12-9)7-5-4-6-11-7/h4-6,8-9H,1-3H3/t8-,9+/m1/s1. The summed E-state index contributed by atoms with van der Waals surface area (Å²) >= 11 is 0. The summed E-state index contributed by atoms with van der Waals surface area (Å²) in [5.74, 6) is 0.954. The van der Waals surface area contributed by atoms with Gasteiger partial charge in [-0.1, -0.05) is 20.8 Å². The lowest BCUT2D eigenvalue weighted by Gasteiger charge is -2.13. The number of epoxide rings is 1. The van der Waals surface area contributed by atoms with E-state index in [0.29, 0.717) is 6.10 Å². The van der Waals surface area contributed by atoms with Crippen molar-refractivity contribution in [1.29, 1.82) is 0 Å². The Labute approximate surface area is 72.5 Å². The molecule has 2 heteroatoms. The summed E-state index contributed by atoms with van der Waals surface area (Å²) < 4.78 is 10.8.